The monoisotopic (exact) mass is 344 g/mol. The number of carbonyl (C=O) groups is 2. The lowest BCUT2D eigenvalue weighted by Crippen LogP contribution is -2.37. The Morgan fingerprint density at radius 3 is 2.76 bits per heavy atom. The molecule has 1 N–H and O–H groups in total. The lowest BCUT2D eigenvalue weighted by Gasteiger charge is -2.23. The lowest BCUT2D eigenvalue weighted by molar-refractivity contribution is -0.149. The van der Waals surface area contributed by atoms with Gasteiger partial charge < -0.3 is 14.4 Å². The molecule has 1 aliphatic heterocycles. The number of carboxylic acids is 1. The second-order valence-electron chi connectivity index (χ2n) is 6.77. The third kappa shape index (κ3) is 2.42. The molecular weight excluding hydrogens is 327 g/mol. The molecule has 2 aliphatic rings. The molecule has 4 rings (SSSR count). The summed E-state index contributed by atoms with van der Waals surface area (Å²) in [7, 11) is 0. The van der Waals surface area contributed by atoms with Crippen molar-refractivity contribution in [1.29, 1.82) is 0 Å². The summed E-state index contributed by atoms with van der Waals surface area (Å²) in [5, 5.41) is 9.66. The Labute approximate surface area is 143 Å². The van der Waals surface area contributed by atoms with Gasteiger partial charge in [-0.1, -0.05) is 6.42 Å². The molecule has 0 unspecified atom stereocenters. The largest absolute Gasteiger partial charge is 0.481 e. The van der Waals surface area contributed by atoms with Crippen LogP contribution in [0.2, 0.25) is 0 Å². The maximum absolute atomic E-state index is 13.1. The van der Waals surface area contributed by atoms with Crippen LogP contribution in [0.5, 0.6) is 0 Å². The third-order valence-corrected chi connectivity index (χ3v) is 5.46. The fourth-order valence-corrected chi connectivity index (χ4v) is 4.15. The summed E-state index contributed by atoms with van der Waals surface area (Å²) >= 11 is 0. The Bertz CT molecular complexity index is 832. The van der Waals surface area contributed by atoms with Gasteiger partial charge in [0.15, 0.2) is 17.8 Å². The summed E-state index contributed by atoms with van der Waals surface area (Å²) in [4.78, 5) is 30.3. The molecule has 2 fully saturated rings. The number of benzene rings is 1. The van der Waals surface area contributed by atoms with Crippen molar-refractivity contribution in [1.82, 2.24) is 9.88 Å². The van der Waals surface area contributed by atoms with Crippen molar-refractivity contribution in [3.8, 4) is 11.3 Å². The van der Waals surface area contributed by atoms with E-state index in [1.54, 1.807) is 4.90 Å². The van der Waals surface area contributed by atoms with Gasteiger partial charge in [0.1, 0.15) is 5.82 Å². The minimum absolute atomic E-state index is 0.0184. The summed E-state index contributed by atoms with van der Waals surface area (Å²) in [5.74, 6) is -1.30. The molecule has 2 heterocycles. The molecule has 25 heavy (non-hydrogen) atoms. The van der Waals surface area contributed by atoms with Gasteiger partial charge >= 0.3 is 5.97 Å². The molecule has 7 heteroatoms. The molecule has 2 aromatic rings. The minimum atomic E-state index is -0.838. The molecular formula is C18H17FN2O4. The maximum Gasteiger partial charge on any atom is 0.311 e. The fourth-order valence-electron chi connectivity index (χ4n) is 4.15. The molecule has 1 amide bonds. The molecule has 2 atom stereocenters. The highest BCUT2D eigenvalue weighted by Crippen LogP contribution is 2.49. The van der Waals surface area contributed by atoms with Crippen LogP contribution in [0.25, 0.3) is 11.3 Å². The normalized spacial score (nSPS) is 25.2. The first-order valence-corrected chi connectivity index (χ1v) is 8.23. The number of carboxylic acid groups (broad SMARTS) is 1. The maximum atomic E-state index is 13.1. The van der Waals surface area contributed by atoms with E-state index >= 15 is 0 Å². The van der Waals surface area contributed by atoms with E-state index in [0.29, 0.717) is 18.5 Å². The Morgan fingerprint density at radius 2 is 2.08 bits per heavy atom. The van der Waals surface area contributed by atoms with Crippen LogP contribution < -0.4 is 0 Å². The molecule has 0 spiro atoms. The van der Waals surface area contributed by atoms with E-state index < -0.39 is 11.4 Å². The SMILES string of the molecule is O=C(c1ncoc1-c1ccc(F)cc1)N1C[C@@H]2CCC[C@@]2(C(=O)O)C1. The number of hydrogen-bond acceptors (Lipinski definition) is 4. The lowest BCUT2D eigenvalue weighted by atomic mass is 9.81. The zero-order chi connectivity index (χ0) is 17.6. The van der Waals surface area contributed by atoms with E-state index in [1.807, 2.05) is 0 Å². The van der Waals surface area contributed by atoms with Gasteiger partial charge in [0.2, 0.25) is 0 Å². The van der Waals surface area contributed by atoms with Crippen LogP contribution in [0.4, 0.5) is 4.39 Å². The van der Waals surface area contributed by atoms with Gasteiger partial charge in [-0.3, -0.25) is 9.59 Å². The Kier molecular flexibility index (Phi) is 3.59. The van der Waals surface area contributed by atoms with E-state index in [-0.39, 0.29) is 35.6 Å². The quantitative estimate of drug-likeness (QED) is 0.926. The van der Waals surface area contributed by atoms with Crippen LogP contribution in [-0.2, 0) is 4.79 Å². The highest BCUT2D eigenvalue weighted by molar-refractivity contribution is 5.98. The van der Waals surface area contributed by atoms with Crippen LogP contribution >= 0.6 is 0 Å². The molecule has 0 bridgehead atoms. The number of oxazole rings is 1. The standard InChI is InChI=1S/C18H17FN2O4/c19-13-5-3-11(4-6-13)15-14(20-10-25-15)16(22)21-8-12-2-1-7-18(12,9-21)17(23)24/h3-6,10,12H,1-2,7-9H2,(H,23,24)/t12-,18+/m0/s1. The Hall–Kier alpha value is -2.70. The number of likely N-dealkylation sites (tertiary alicyclic amines) is 1. The molecule has 130 valence electrons. The summed E-state index contributed by atoms with van der Waals surface area (Å²) in [6.07, 6.45) is 3.47. The average Bonchev–Trinajstić information content (AvgIpc) is 3.28. The summed E-state index contributed by atoms with van der Waals surface area (Å²) in [6, 6.07) is 5.60. The summed E-state index contributed by atoms with van der Waals surface area (Å²) < 4.78 is 18.4. The van der Waals surface area contributed by atoms with Gasteiger partial charge in [0.25, 0.3) is 5.91 Å². The van der Waals surface area contributed by atoms with Gasteiger partial charge in [-0.15, -0.1) is 0 Å². The van der Waals surface area contributed by atoms with E-state index in [4.69, 9.17) is 4.42 Å². The van der Waals surface area contributed by atoms with Crippen LogP contribution in [0, 0.1) is 17.2 Å². The van der Waals surface area contributed by atoms with Gasteiger partial charge in [0, 0.05) is 18.7 Å². The predicted molar refractivity (Wildman–Crippen MR) is 85.2 cm³/mol. The number of amides is 1. The highest BCUT2D eigenvalue weighted by Gasteiger charge is 2.56. The zero-order valence-electron chi connectivity index (χ0n) is 13.4. The van der Waals surface area contributed by atoms with E-state index in [0.717, 1.165) is 12.8 Å². The second-order valence-corrected chi connectivity index (χ2v) is 6.77. The predicted octanol–water partition coefficient (Wildman–Crippen LogP) is 2.81. The summed E-state index contributed by atoms with van der Waals surface area (Å²) in [5.41, 5.74) is -0.156. The molecule has 1 saturated heterocycles. The van der Waals surface area contributed by atoms with E-state index in [9.17, 15) is 19.1 Å². The first-order valence-electron chi connectivity index (χ1n) is 8.23. The van der Waals surface area contributed by atoms with Crippen LogP contribution in [-0.4, -0.2) is 40.0 Å². The number of fused-ring (bicyclic) bond motifs is 1. The van der Waals surface area contributed by atoms with Crippen LogP contribution in [0.1, 0.15) is 29.8 Å². The van der Waals surface area contributed by atoms with Crippen molar-refractivity contribution in [2.24, 2.45) is 11.3 Å². The van der Waals surface area contributed by atoms with Crippen LogP contribution in [0.3, 0.4) is 0 Å². The highest BCUT2D eigenvalue weighted by atomic mass is 19.1. The van der Waals surface area contributed by atoms with Crippen LogP contribution in [0.15, 0.2) is 35.1 Å². The molecule has 0 radical (unpaired) electrons. The van der Waals surface area contributed by atoms with Gasteiger partial charge in [-0.25, -0.2) is 9.37 Å². The topological polar surface area (TPSA) is 83.6 Å². The first kappa shape index (κ1) is 15.8. The van der Waals surface area contributed by atoms with Crippen molar-refractivity contribution in [3.05, 3.63) is 42.2 Å². The van der Waals surface area contributed by atoms with Crippen molar-refractivity contribution >= 4 is 11.9 Å². The zero-order valence-corrected chi connectivity index (χ0v) is 13.4. The van der Waals surface area contributed by atoms with Crippen molar-refractivity contribution in [3.63, 3.8) is 0 Å². The number of halogens is 1. The van der Waals surface area contributed by atoms with Gasteiger partial charge in [-0.2, -0.15) is 0 Å². The van der Waals surface area contributed by atoms with E-state index in [2.05, 4.69) is 4.98 Å². The van der Waals surface area contributed by atoms with Crippen molar-refractivity contribution < 1.29 is 23.5 Å². The number of aromatic nitrogens is 1. The Balaban J connectivity index is 1.62. The number of carbonyl (C=O) groups excluding carboxylic acids is 1. The first-order chi connectivity index (χ1) is 12.0. The number of nitrogens with zero attached hydrogens (tertiary/aromatic N) is 2. The smallest absolute Gasteiger partial charge is 0.311 e. The number of hydrogen-bond donors (Lipinski definition) is 1. The van der Waals surface area contributed by atoms with Crippen molar-refractivity contribution in [2.45, 2.75) is 19.3 Å². The van der Waals surface area contributed by atoms with Gasteiger partial charge in [0.05, 0.1) is 5.41 Å². The molecule has 1 saturated carbocycles. The second kappa shape index (κ2) is 5.68. The molecule has 1 aromatic heterocycles. The molecule has 1 aliphatic carbocycles. The fraction of sp³-hybridized carbons (Fsp3) is 0.389. The van der Waals surface area contributed by atoms with E-state index in [1.165, 1.54) is 30.7 Å². The average molecular weight is 344 g/mol. The number of rotatable bonds is 3. The number of aliphatic carboxylic acids is 1. The van der Waals surface area contributed by atoms with Gasteiger partial charge in [-0.05, 0) is 43.0 Å². The molecule has 1 aromatic carbocycles. The third-order valence-electron chi connectivity index (χ3n) is 5.46. The Morgan fingerprint density at radius 1 is 1.32 bits per heavy atom. The minimum Gasteiger partial charge on any atom is -0.481 e. The van der Waals surface area contributed by atoms with Crippen molar-refractivity contribution in [2.75, 3.05) is 13.1 Å². The molecule has 6 nitrogen and oxygen atoms in total. The summed E-state index contributed by atoms with van der Waals surface area (Å²) in [6.45, 7) is 0.613.